The van der Waals surface area contributed by atoms with Crippen molar-refractivity contribution in [2.24, 2.45) is 5.16 Å². The van der Waals surface area contributed by atoms with Gasteiger partial charge in [-0.1, -0.05) is 35.5 Å². The van der Waals surface area contributed by atoms with Crippen molar-refractivity contribution in [1.82, 2.24) is 5.32 Å². The number of halogens is 1. The first kappa shape index (κ1) is 18.1. The Morgan fingerprint density at radius 3 is 2.56 bits per heavy atom. The lowest BCUT2D eigenvalue weighted by Crippen LogP contribution is -2.26. The van der Waals surface area contributed by atoms with Gasteiger partial charge in [-0.15, -0.1) is 0 Å². The Bertz CT molecular complexity index is 760. The van der Waals surface area contributed by atoms with Gasteiger partial charge in [0, 0.05) is 12.1 Å². The van der Waals surface area contributed by atoms with Crippen LogP contribution in [0.1, 0.15) is 21.5 Å². The Morgan fingerprint density at radius 2 is 1.88 bits per heavy atom. The molecular weight excluding hydrogens is 327 g/mol. The Morgan fingerprint density at radius 1 is 1.16 bits per heavy atom. The van der Waals surface area contributed by atoms with E-state index in [2.05, 4.69) is 15.2 Å². The number of methoxy groups -OCH3 is 1. The van der Waals surface area contributed by atoms with E-state index in [4.69, 9.17) is 4.84 Å². The fourth-order valence-electron chi connectivity index (χ4n) is 1.90. The normalized spacial score (nSPS) is 10.5. The van der Waals surface area contributed by atoms with Crippen molar-refractivity contribution in [2.45, 2.75) is 6.54 Å². The molecule has 0 bridgehead atoms. The molecule has 6 nitrogen and oxygen atoms in total. The summed E-state index contributed by atoms with van der Waals surface area (Å²) in [6.45, 7) is -0.210. The zero-order valence-corrected chi connectivity index (χ0v) is 13.6. The van der Waals surface area contributed by atoms with Gasteiger partial charge in [-0.05, 0) is 23.8 Å². The molecule has 2 aromatic carbocycles. The zero-order valence-electron chi connectivity index (χ0n) is 13.6. The molecule has 0 aliphatic rings. The van der Waals surface area contributed by atoms with Crippen LogP contribution in [0.3, 0.4) is 0 Å². The average molecular weight is 344 g/mol. The fourth-order valence-corrected chi connectivity index (χ4v) is 1.90. The standard InChI is InChI=1S/C18H17FN2O4/c1-24-18(23)14-8-6-13(7-9-14)10-21-25-12-17(22)20-11-15-4-2-3-5-16(15)19/h2-10H,11-12H2,1H3,(H,20,22)/b21-10+. The van der Waals surface area contributed by atoms with Gasteiger partial charge in [0.15, 0.2) is 6.61 Å². The second-order valence-electron chi connectivity index (χ2n) is 4.99. The summed E-state index contributed by atoms with van der Waals surface area (Å²) in [5.74, 6) is -1.22. The molecule has 2 aromatic rings. The maximum Gasteiger partial charge on any atom is 0.337 e. The lowest BCUT2D eigenvalue weighted by molar-refractivity contribution is -0.125. The summed E-state index contributed by atoms with van der Waals surface area (Å²) in [5.41, 5.74) is 1.51. The summed E-state index contributed by atoms with van der Waals surface area (Å²) in [4.78, 5) is 27.8. The fraction of sp³-hybridized carbons (Fsp3) is 0.167. The molecule has 0 fully saturated rings. The summed E-state index contributed by atoms with van der Waals surface area (Å²) in [5, 5.41) is 6.21. The van der Waals surface area contributed by atoms with Crippen molar-refractivity contribution in [3.8, 4) is 0 Å². The Hall–Kier alpha value is -3.22. The third-order valence-electron chi connectivity index (χ3n) is 3.24. The predicted octanol–water partition coefficient (Wildman–Crippen LogP) is 2.28. The molecule has 0 spiro atoms. The molecule has 0 aromatic heterocycles. The number of oxime groups is 1. The van der Waals surface area contributed by atoms with Gasteiger partial charge in [0.2, 0.25) is 0 Å². The quantitative estimate of drug-likeness (QED) is 0.475. The van der Waals surface area contributed by atoms with Crippen LogP contribution in [0.2, 0.25) is 0 Å². The number of esters is 1. The number of nitrogens with one attached hydrogen (secondary N) is 1. The van der Waals surface area contributed by atoms with Crippen LogP contribution in [0.5, 0.6) is 0 Å². The first-order chi connectivity index (χ1) is 12.1. The molecule has 1 N–H and O–H groups in total. The molecule has 130 valence electrons. The van der Waals surface area contributed by atoms with Gasteiger partial charge < -0.3 is 14.9 Å². The van der Waals surface area contributed by atoms with Crippen LogP contribution in [0.25, 0.3) is 0 Å². The summed E-state index contributed by atoms with van der Waals surface area (Å²) < 4.78 is 18.0. The van der Waals surface area contributed by atoms with Gasteiger partial charge >= 0.3 is 5.97 Å². The van der Waals surface area contributed by atoms with Crippen molar-refractivity contribution in [2.75, 3.05) is 13.7 Å². The highest BCUT2D eigenvalue weighted by molar-refractivity contribution is 5.90. The largest absolute Gasteiger partial charge is 0.465 e. The molecule has 25 heavy (non-hydrogen) atoms. The highest BCUT2D eigenvalue weighted by Gasteiger charge is 2.05. The first-order valence-electron chi connectivity index (χ1n) is 7.44. The monoisotopic (exact) mass is 344 g/mol. The van der Waals surface area contributed by atoms with Gasteiger partial charge in [0.1, 0.15) is 5.82 Å². The zero-order chi connectivity index (χ0) is 18.1. The van der Waals surface area contributed by atoms with E-state index < -0.39 is 11.9 Å². The number of hydrogen-bond donors (Lipinski definition) is 1. The first-order valence-corrected chi connectivity index (χ1v) is 7.44. The maximum atomic E-state index is 13.4. The van der Waals surface area contributed by atoms with E-state index in [0.717, 1.165) is 0 Å². The number of nitrogens with zero attached hydrogens (tertiary/aromatic N) is 1. The van der Waals surface area contributed by atoms with Crippen molar-refractivity contribution in [1.29, 1.82) is 0 Å². The van der Waals surface area contributed by atoms with Crippen molar-refractivity contribution < 1.29 is 23.6 Å². The van der Waals surface area contributed by atoms with E-state index in [9.17, 15) is 14.0 Å². The number of carbonyl (C=O) groups is 2. The number of rotatable bonds is 7. The van der Waals surface area contributed by atoms with Crippen LogP contribution in [0.15, 0.2) is 53.7 Å². The average Bonchev–Trinajstić information content (AvgIpc) is 2.64. The maximum absolute atomic E-state index is 13.4. The van der Waals surface area contributed by atoms with Gasteiger partial charge in [0.05, 0.1) is 18.9 Å². The molecule has 0 aliphatic heterocycles. The van der Waals surface area contributed by atoms with E-state index >= 15 is 0 Å². The van der Waals surface area contributed by atoms with Crippen LogP contribution in [0.4, 0.5) is 4.39 Å². The van der Waals surface area contributed by atoms with Gasteiger partial charge in [-0.2, -0.15) is 0 Å². The lowest BCUT2D eigenvalue weighted by Gasteiger charge is -2.05. The minimum absolute atomic E-state index is 0.0770. The minimum atomic E-state index is -0.425. The molecule has 0 atom stereocenters. The molecule has 1 amide bonds. The van der Waals surface area contributed by atoms with Crippen molar-refractivity contribution in [3.63, 3.8) is 0 Å². The molecule has 0 saturated carbocycles. The minimum Gasteiger partial charge on any atom is -0.465 e. The topological polar surface area (TPSA) is 77.0 Å². The Balaban J connectivity index is 1.74. The number of ether oxygens (including phenoxy) is 1. The van der Waals surface area contributed by atoms with Crippen LogP contribution in [0, 0.1) is 5.82 Å². The van der Waals surface area contributed by atoms with E-state index in [1.165, 1.54) is 19.4 Å². The van der Waals surface area contributed by atoms with Crippen molar-refractivity contribution >= 4 is 18.1 Å². The van der Waals surface area contributed by atoms with E-state index in [1.807, 2.05) is 0 Å². The lowest BCUT2D eigenvalue weighted by atomic mass is 10.1. The number of amides is 1. The number of benzene rings is 2. The SMILES string of the molecule is COC(=O)c1ccc(/C=N/OCC(=O)NCc2ccccc2F)cc1. The second kappa shape index (κ2) is 9.17. The second-order valence-corrected chi connectivity index (χ2v) is 4.99. The predicted molar refractivity (Wildman–Crippen MR) is 89.6 cm³/mol. The number of carbonyl (C=O) groups excluding carboxylic acids is 2. The molecule has 0 saturated heterocycles. The molecule has 7 heteroatoms. The molecular formula is C18H17FN2O4. The summed E-state index contributed by atoms with van der Waals surface area (Å²) in [6, 6.07) is 12.7. The molecule has 0 unspecified atom stereocenters. The summed E-state index contributed by atoms with van der Waals surface area (Å²) >= 11 is 0. The van der Waals surface area contributed by atoms with Gasteiger partial charge in [0.25, 0.3) is 5.91 Å². The van der Waals surface area contributed by atoms with E-state index in [1.54, 1.807) is 42.5 Å². The van der Waals surface area contributed by atoms with E-state index in [-0.39, 0.29) is 19.0 Å². The summed E-state index contributed by atoms with van der Waals surface area (Å²) in [6.07, 6.45) is 1.41. The van der Waals surface area contributed by atoms with Crippen LogP contribution in [-0.4, -0.2) is 31.8 Å². The van der Waals surface area contributed by atoms with Crippen LogP contribution < -0.4 is 5.32 Å². The highest BCUT2D eigenvalue weighted by atomic mass is 19.1. The Kier molecular flexibility index (Phi) is 6.65. The molecule has 0 aliphatic carbocycles. The third kappa shape index (κ3) is 5.72. The van der Waals surface area contributed by atoms with Gasteiger partial charge in [-0.25, -0.2) is 9.18 Å². The molecule has 2 rings (SSSR count). The van der Waals surface area contributed by atoms with Crippen LogP contribution >= 0.6 is 0 Å². The van der Waals surface area contributed by atoms with E-state index in [0.29, 0.717) is 16.7 Å². The molecule has 0 heterocycles. The molecule has 0 radical (unpaired) electrons. The summed E-state index contributed by atoms with van der Waals surface area (Å²) in [7, 11) is 1.31. The third-order valence-corrected chi connectivity index (χ3v) is 3.24. The van der Waals surface area contributed by atoms with Crippen LogP contribution in [-0.2, 0) is 20.9 Å². The van der Waals surface area contributed by atoms with Crippen molar-refractivity contribution in [3.05, 3.63) is 71.0 Å². The van der Waals surface area contributed by atoms with Gasteiger partial charge in [-0.3, -0.25) is 4.79 Å². The highest BCUT2D eigenvalue weighted by Crippen LogP contribution is 2.05. The smallest absolute Gasteiger partial charge is 0.337 e. The number of hydrogen-bond acceptors (Lipinski definition) is 5. The Labute approximate surface area is 144 Å².